The van der Waals surface area contributed by atoms with Crippen LogP contribution in [0.15, 0.2) is 59.4 Å². The molecule has 1 saturated heterocycles. The first-order valence-electron chi connectivity index (χ1n) is 12.7. The Morgan fingerprint density at radius 3 is 2.63 bits per heavy atom. The zero-order valence-electron chi connectivity index (χ0n) is 22.0. The van der Waals surface area contributed by atoms with Gasteiger partial charge < -0.3 is 25.4 Å². The standard InChI is InChI=1S/C26H26N6O7S2/c1-13-12-17(25(36)38-14(2)37-24(35)15-8-4-3-5-9-15)32-22(34)19(23(32)40-13)28-21(33)18(20-29-26(27)41-31-20)30-39-16-10-6-7-11-16/h3-6,8-10,12-14,16,19,23H,7,11H2,1-2H3,(H,28,33)(H2,27,29,31)/b30-18-/t13?,14?,16?,19?,23-/m1/s1. The van der Waals surface area contributed by atoms with Gasteiger partial charge in [0.1, 0.15) is 23.2 Å². The van der Waals surface area contributed by atoms with Crippen LogP contribution < -0.4 is 11.1 Å². The first-order valence-corrected chi connectivity index (χ1v) is 14.4. The van der Waals surface area contributed by atoms with Crippen molar-refractivity contribution < 1.29 is 33.5 Å². The molecular weight excluding hydrogens is 572 g/mol. The molecule has 3 heterocycles. The molecule has 0 saturated carbocycles. The molecule has 214 valence electrons. The third-order valence-electron chi connectivity index (χ3n) is 6.22. The minimum absolute atomic E-state index is 0.00135. The quantitative estimate of drug-likeness (QED) is 0.108. The van der Waals surface area contributed by atoms with Gasteiger partial charge >= 0.3 is 11.9 Å². The van der Waals surface area contributed by atoms with E-state index < -0.39 is 41.5 Å². The number of benzene rings is 1. The highest BCUT2D eigenvalue weighted by Crippen LogP contribution is 2.41. The number of amides is 2. The molecule has 1 aromatic carbocycles. The maximum absolute atomic E-state index is 13.3. The summed E-state index contributed by atoms with van der Waals surface area (Å²) in [4.78, 5) is 62.5. The summed E-state index contributed by atoms with van der Waals surface area (Å²) in [6.45, 7) is 3.25. The zero-order valence-corrected chi connectivity index (χ0v) is 23.6. The van der Waals surface area contributed by atoms with Gasteiger partial charge in [-0.2, -0.15) is 9.36 Å². The molecule has 1 fully saturated rings. The van der Waals surface area contributed by atoms with Crippen LogP contribution in [0.4, 0.5) is 5.13 Å². The molecule has 5 atom stereocenters. The number of nitrogen functional groups attached to an aromatic ring is 1. The predicted molar refractivity (Wildman–Crippen MR) is 149 cm³/mol. The number of esters is 2. The average molecular weight is 599 g/mol. The number of nitrogens with zero attached hydrogens (tertiary/aromatic N) is 4. The molecule has 3 N–H and O–H groups in total. The molecule has 0 bridgehead atoms. The minimum Gasteiger partial charge on any atom is -0.422 e. The van der Waals surface area contributed by atoms with E-state index in [-0.39, 0.29) is 33.7 Å². The summed E-state index contributed by atoms with van der Waals surface area (Å²) in [6.07, 6.45) is 5.42. The van der Waals surface area contributed by atoms with Gasteiger partial charge in [0.05, 0.1) is 5.56 Å². The van der Waals surface area contributed by atoms with Crippen molar-refractivity contribution in [3.8, 4) is 0 Å². The first-order chi connectivity index (χ1) is 19.7. The van der Waals surface area contributed by atoms with Gasteiger partial charge in [0.2, 0.25) is 17.8 Å². The SMILES string of the molecule is CC(OC(=O)C1=CC(C)S[C@@H]2C(NC(=O)/C(=N\OC3C=CCC3)c3nsc(N)n3)C(=O)N12)OC(=O)c1ccccc1. The zero-order chi connectivity index (χ0) is 29.1. The van der Waals surface area contributed by atoms with E-state index in [4.69, 9.17) is 20.0 Å². The molecule has 2 aliphatic heterocycles. The molecule has 4 unspecified atom stereocenters. The second-order valence-electron chi connectivity index (χ2n) is 9.23. The predicted octanol–water partition coefficient (Wildman–Crippen LogP) is 1.98. The number of oxime groups is 1. The van der Waals surface area contributed by atoms with Crippen molar-refractivity contribution in [2.24, 2.45) is 5.16 Å². The summed E-state index contributed by atoms with van der Waals surface area (Å²) >= 11 is 2.27. The summed E-state index contributed by atoms with van der Waals surface area (Å²) in [7, 11) is 0. The van der Waals surface area contributed by atoms with Crippen molar-refractivity contribution in [1.82, 2.24) is 19.6 Å². The molecule has 5 rings (SSSR count). The molecule has 1 aliphatic carbocycles. The molecule has 13 nitrogen and oxygen atoms in total. The lowest BCUT2D eigenvalue weighted by Gasteiger charge is -2.49. The van der Waals surface area contributed by atoms with Gasteiger partial charge in [-0.25, -0.2) is 9.59 Å². The molecule has 0 spiro atoms. The molecule has 2 amide bonds. The lowest BCUT2D eigenvalue weighted by Crippen LogP contribution is -2.71. The van der Waals surface area contributed by atoms with Crippen molar-refractivity contribution in [1.29, 1.82) is 0 Å². The van der Waals surface area contributed by atoms with Crippen LogP contribution in [0.5, 0.6) is 0 Å². The number of hydrogen-bond acceptors (Lipinski definition) is 13. The molecule has 2 aromatic rings. The normalized spacial score (nSPS) is 24.0. The number of fused-ring (bicyclic) bond motifs is 1. The van der Waals surface area contributed by atoms with Gasteiger partial charge in [-0.15, -0.1) is 11.8 Å². The first kappa shape index (κ1) is 28.3. The van der Waals surface area contributed by atoms with Crippen LogP contribution in [-0.2, 0) is 28.7 Å². The van der Waals surface area contributed by atoms with E-state index in [1.807, 2.05) is 19.1 Å². The highest BCUT2D eigenvalue weighted by atomic mass is 32.2. The van der Waals surface area contributed by atoms with Gasteiger partial charge in [0.15, 0.2) is 5.13 Å². The number of allylic oxidation sites excluding steroid dienone is 1. The monoisotopic (exact) mass is 598 g/mol. The molecule has 3 aliphatic rings. The van der Waals surface area contributed by atoms with E-state index in [0.29, 0.717) is 12.0 Å². The van der Waals surface area contributed by atoms with Gasteiger partial charge in [-0.05, 0) is 44.1 Å². The largest absolute Gasteiger partial charge is 0.422 e. The molecule has 0 radical (unpaired) electrons. The maximum atomic E-state index is 13.3. The Balaban J connectivity index is 1.24. The van der Waals surface area contributed by atoms with E-state index in [1.165, 1.54) is 23.6 Å². The number of nitrogens with two attached hydrogens (primary N) is 1. The smallest absolute Gasteiger partial charge is 0.357 e. The number of aromatic nitrogens is 2. The van der Waals surface area contributed by atoms with Gasteiger partial charge in [-0.1, -0.05) is 29.4 Å². The summed E-state index contributed by atoms with van der Waals surface area (Å²) in [5.74, 6) is -2.77. The summed E-state index contributed by atoms with van der Waals surface area (Å²) in [6, 6.07) is 7.30. The number of carbonyl (C=O) groups is 4. The topological polar surface area (TPSA) is 175 Å². The van der Waals surface area contributed by atoms with Gasteiger partial charge in [0, 0.05) is 23.7 Å². The maximum Gasteiger partial charge on any atom is 0.357 e. The number of nitrogens with one attached hydrogen (secondary N) is 1. The third kappa shape index (κ3) is 6.25. The van der Waals surface area contributed by atoms with Crippen molar-refractivity contribution in [3.05, 3.63) is 65.6 Å². The Morgan fingerprint density at radius 1 is 1.20 bits per heavy atom. The molecule has 1 aromatic heterocycles. The number of hydrogen-bond donors (Lipinski definition) is 2. The molecule has 41 heavy (non-hydrogen) atoms. The van der Waals surface area contributed by atoms with Crippen molar-refractivity contribution in [3.63, 3.8) is 0 Å². The number of β-lactam (4-membered cyclic amide) rings is 1. The summed E-state index contributed by atoms with van der Waals surface area (Å²) in [5.41, 5.74) is 5.78. The van der Waals surface area contributed by atoms with Gasteiger partial charge in [-0.3, -0.25) is 14.5 Å². The second kappa shape index (κ2) is 12.1. The van der Waals surface area contributed by atoms with Crippen LogP contribution >= 0.6 is 23.3 Å². The van der Waals surface area contributed by atoms with E-state index in [2.05, 4.69) is 19.8 Å². The fraction of sp³-hybridized carbons (Fsp3) is 0.346. The third-order valence-corrected chi connectivity index (χ3v) is 8.09. The van der Waals surface area contributed by atoms with Crippen LogP contribution in [0.25, 0.3) is 0 Å². The Kier molecular flexibility index (Phi) is 8.35. The van der Waals surface area contributed by atoms with Crippen LogP contribution in [0.2, 0.25) is 0 Å². The summed E-state index contributed by atoms with van der Waals surface area (Å²) in [5, 5.41) is 6.01. The van der Waals surface area contributed by atoms with E-state index in [9.17, 15) is 19.2 Å². The summed E-state index contributed by atoms with van der Waals surface area (Å²) < 4.78 is 14.6. The van der Waals surface area contributed by atoms with Crippen molar-refractivity contribution in [2.45, 2.75) is 55.7 Å². The highest BCUT2D eigenvalue weighted by Gasteiger charge is 2.54. The number of thioether (sulfide) groups is 1. The number of rotatable bonds is 9. The van der Waals surface area contributed by atoms with Crippen LogP contribution in [0.1, 0.15) is 42.9 Å². The average Bonchev–Trinajstić information content (AvgIpc) is 3.63. The van der Waals surface area contributed by atoms with Gasteiger partial charge in [0.25, 0.3) is 11.8 Å². The Labute approximate surface area is 242 Å². The Morgan fingerprint density at radius 2 is 1.95 bits per heavy atom. The van der Waals surface area contributed by atoms with Crippen LogP contribution in [0, 0.1) is 0 Å². The van der Waals surface area contributed by atoms with Crippen molar-refractivity contribution in [2.75, 3.05) is 5.73 Å². The number of ether oxygens (including phenoxy) is 2. The van der Waals surface area contributed by atoms with Crippen LogP contribution in [0.3, 0.4) is 0 Å². The number of anilines is 1. The Hall–Kier alpha value is -4.24. The fourth-order valence-corrected chi connectivity index (χ4v) is 6.05. The Bertz CT molecular complexity index is 1440. The number of carbonyl (C=O) groups excluding carboxylic acids is 4. The van der Waals surface area contributed by atoms with Crippen molar-refractivity contribution >= 4 is 57.9 Å². The molecule has 15 heteroatoms. The van der Waals surface area contributed by atoms with E-state index >= 15 is 0 Å². The fourth-order valence-electron chi connectivity index (χ4n) is 4.29. The highest BCUT2D eigenvalue weighted by molar-refractivity contribution is 8.00. The lowest BCUT2D eigenvalue weighted by molar-refractivity contribution is -0.166. The lowest BCUT2D eigenvalue weighted by atomic mass is 10.0. The minimum atomic E-state index is -1.21. The second-order valence-corrected chi connectivity index (χ2v) is 11.5. The van der Waals surface area contributed by atoms with E-state index in [1.54, 1.807) is 36.4 Å². The van der Waals surface area contributed by atoms with E-state index in [0.717, 1.165) is 18.0 Å². The molecular formula is C26H26N6O7S2. The van der Waals surface area contributed by atoms with Crippen LogP contribution in [-0.4, -0.2) is 72.8 Å².